The van der Waals surface area contributed by atoms with Crippen molar-refractivity contribution in [2.24, 2.45) is 0 Å². The molecule has 36 heteroatoms. The van der Waals surface area contributed by atoms with Crippen LogP contribution in [0.2, 0.25) is 0 Å². The van der Waals surface area contributed by atoms with Crippen molar-refractivity contribution in [1.29, 1.82) is 0 Å². The van der Waals surface area contributed by atoms with E-state index in [9.17, 15) is 117 Å². The van der Waals surface area contributed by atoms with Gasteiger partial charge in [-0.15, -0.1) is 0 Å². The first-order valence-corrected chi connectivity index (χ1v) is 24.6. The molecule has 6 heterocycles. The number of ether oxygens (including phenoxy) is 12. The second-order valence-electron chi connectivity index (χ2n) is 19.5. The van der Waals surface area contributed by atoms with Gasteiger partial charge in [0, 0.05) is 0 Å². The van der Waals surface area contributed by atoms with Gasteiger partial charge in [-0.05, 0) is 0 Å². The van der Waals surface area contributed by atoms with Crippen molar-refractivity contribution < 1.29 is 179 Å². The van der Waals surface area contributed by atoms with E-state index in [0.717, 1.165) is 0 Å². The van der Waals surface area contributed by atoms with Gasteiger partial charge in [0.05, 0.1) is 52.9 Å². The smallest absolute Gasteiger partial charge is 0.187 e. The topological polar surface area (TPSA) is 596 Å². The average molecular weight is 1160 g/mol. The molecule has 0 aromatic carbocycles. The first-order chi connectivity index (χ1) is 36.8. The molecule has 0 unspecified atom stereocenters. The first-order valence-electron chi connectivity index (χ1n) is 24.6. The Kier molecular flexibility index (Phi) is 24.3. The highest BCUT2D eigenvalue weighted by molar-refractivity contribution is 4.98. The minimum atomic E-state index is -2.17. The molecule has 6 rings (SSSR count). The van der Waals surface area contributed by atoms with Crippen LogP contribution in [0.25, 0.3) is 0 Å². The molecule has 0 aromatic heterocycles. The largest absolute Gasteiger partial charge is 0.394 e. The second-order valence-corrected chi connectivity index (χ2v) is 19.5. The monoisotopic (exact) mass is 1150 g/mol. The predicted molar refractivity (Wildman–Crippen MR) is 234 cm³/mol. The summed E-state index contributed by atoms with van der Waals surface area (Å²) in [7, 11) is 0. The van der Waals surface area contributed by atoms with E-state index in [2.05, 4.69) is 0 Å². The van der Waals surface area contributed by atoms with Gasteiger partial charge in [0.1, 0.15) is 171 Å². The Bertz CT molecular complexity index is 1760. The van der Waals surface area contributed by atoms with E-state index in [0.29, 0.717) is 0 Å². The second kappa shape index (κ2) is 28.9. The van der Waals surface area contributed by atoms with Gasteiger partial charge in [-0.1, -0.05) is 0 Å². The van der Waals surface area contributed by atoms with E-state index < -0.39 is 262 Å². The molecule has 78 heavy (non-hydrogen) atoms. The third-order valence-electron chi connectivity index (χ3n) is 14.1. The van der Waals surface area contributed by atoms with Crippen LogP contribution in [0.4, 0.5) is 0 Å². The lowest BCUT2D eigenvalue weighted by Gasteiger charge is -2.47. The van der Waals surface area contributed by atoms with E-state index >= 15 is 0 Å². The molecule has 0 aliphatic carbocycles. The highest BCUT2D eigenvalue weighted by atomic mass is 16.8. The fourth-order valence-electron chi connectivity index (χ4n) is 9.17. The summed E-state index contributed by atoms with van der Waals surface area (Å²) < 4.78 is 66.3. The summed E-state index contributed by atoms with van der Waals surface area (Å²) in [5, 5.41) is 250. The summed E-state index contributed by atoms with van der Waals surface area (Å²) in [5.41, 5.74) is 0. The molecule has 34 atom stereocenters. The fraction of sp³-hybridized carbons (Fsp3) is 1.00. The van der Waals surface area contributed by atoms with Crippen LogP contribution in [0.5, 0.6) is 0 Å². The minimum absolute atomic E-state index is 0.843. The van der Waals surface area contributed by atoms with Gasteiger partial charge >= 0.3 is 0 Å². The lowest BCUT2D eigenvalue weighted by atomic mass is 9.96. The van der Waals surface area contributed by atoms with Crippen LogP contribution in [0, 0.1) is 0 Å². The highest BCUT2D eigenvalue weighted by Gasteiger charge is 2.55. The van der Waals surface area contributed by atoms with Gasteiger partial charge in [-0.25, -0.2) is 0 Å². The van der Waals surface area contributed by atoms with E-state index in [1.807, 2.05) is 0 Å². The zero-order chi connectivity index (χ0) is 57.8. The molecule has 6 aliphatic rings. The summed E-state index contributed by atoms with van der Waals surface area (Å²) in [5.74, 6) is 0. The molecule has 0 spiro atoms. The summed E-state index contributed by atoms with van der Waals surface area (Å²) in [6, 6.07) is 0. The summed E-state index contributed by atoms with van der Waals surface area (Å²) in [4.78, 5) is 0. The molecule has 24 N–H and O–H groups in total. The van der Waals surface area contributed by atoms with Gasteiger partial charge in [-0.2, -0.15) is 0 Å². The number of aliphatic hydroxyl groups is 24. The molecule has 458 valence electrons. The normalized spacial score (nSPS) is 49.2. The Morgan fingerprint density at radius 1 is 0.282 bits per heavy atom. The first kappa shape index (κ1) is 65.7. The Morgan fingerprint density at radius 2 is 0.551 bits per heavy atom. The van der Waals surface area contributed by atoms with Crippen molar-refractivity contribution in [2.75, 3.05) is 52.9 Å². The van der Waals surface area contributed by atoms with Crippen molar-refractivity contribution in [2.45, 2.75) is 209 Å². The molecule has 0 aromatic rings. The fourth-order valence-corrected chi connectivity index (χ4v) is 9.17. The molecular formula is C42H74O36. The van der Waals surface area contributed by atoms with Gasteiger partial charge in [0.2, 0.25) is 0 Å². The van der Waals surface area contributed by atoms with Crippen molar-refractivity contribution in [3.8, 4) is 0 Å². The number of hydrogen-bond acceptors (Lipinski definition) is 36. The lowest BCUT2D eigenvalue weighted by molar-refractivity contribution is -0.370. The Hall–Kier alpha value is -1.44. The van der Waals surface area contributed by atoms with Gasteiger partial charge < -0.3 is 179 Å². The molecule has 0 radical (unpaired) electrons. The highest BCUT2D eigenvalue weighted by Crippen LogP contribution is 2.34. The van der Waals surface area contributed by atoms with Gasteiger partial charge in [0.15, 0.2) is 37.7 Å². The van der Waals surface area contributed by atoms with Gasteiger partial charge in [-0.3, -0.25) is 0 Å². The Morgan fingerprint density at radius 3 is 0.923 bits per heavy atom. The van der Waals surface area contributed by atoms with E-state index in [4.69, 9.17) is 61.9 Å². The zero-order valence-electron chi connectivity index (χ0n) is 40.9. The zero-order valence-corrected chi connectivity index (χ0v) is 40.9. The minimum Gasteiger partial charge on any atom is -0.394 e. The van der Waals surface area contributed by atoms with Crippen LogP contribution in [0.3, 0.4) is 0 Å². The van der Waals surface area contributed by atoms with Crippen LogP contribution in [0.15, 0.2) is 0 Å². The summed E-state index contributed by atoms with van der Waals surface area (Å²) in [6.07, 6.45) is -65.9. The molecule has 6 fully saturated rings. The maximum atomic E-state index is 11.4. The molecule has 0 amide bonds. The molecule has 6 aliphatic heterocycles. The third kappa shape index (κ3) is 14.5. The van der Waals surface area contributed by atoms with Crippen LogP contribution in [-0.2, 0) is 56.8 Å². The van der Waals surface area contributed by atoms with Crippen molar-refractivity contribution in [3.63, 3.8) is 0 Å². The lowest BCUT2D eigenvalue weighted by Crippen LogP contribution is -2.65. The Labute approximate surface area is 440 Å². The number of hydrogen-bond donors (Lipinski definition) is 24. The van der Waals surface area contributed by atoms with E-state index in [1.165, 1.54) is 0 Å². The molecular weight excluding hydrogens is 1080 g/mol. The maximum Gasteiger partial charge on any atom is 0.187 e. The van der Waals surface area contributed by atoms with E-state index in [-0.39, 0.29) is 0 Å². The standard InChI is InChI=1S/C42H74O36/c43-1-9(47)17(49)18(50)10(48)5-67-39-34(66)36(78-42-32(64)26(58)20(52)12(3-45)73-42)24(56)16(76-39)8-69-38-30(62)27(59)21(53)14(74-38)6-68-37-29(61)28(60)22(54)15(75-37)7-70-40-33(65)35(23(55)13(4-46)71-40)77-41-31(63)25(57)19(51)11(2-44)72-41/h9-66H,1-8H2/t9-,10+,11+,12+,13+,14+,15+,16+,17+,18+,19+,20+,21+,22+,23+,24+,25-,26-,27-,28-,29+,30+,31+,32+,33+,34+,35-,36-,37+,38+,39+,40+,41-,42-/m0/s1. The van der Waals surface area contributed by atoms with Crippen LogP contribution in [-0.4, -0.2) is 384 Å². The van der Waals surface area contributed by atoms with Crippen LogP contribution < -0.4 is 0 Å². The van der Waals surface area contributed by atoms with Crippen molar-refractivity contribution >= 4 is 0 Å². The molecule has 0 bridgehead atoms. The molecule has 6 saturated heterocycles. The maximum absolute atomic E-state index is 11.4. The molecule has 0 saturated carbocycles. The van der Waals surface area contributed by atoms with Crippen LogP contribution >= 0.6 is 0 Å². The third-order valence-corrected chi connectivity index (χ3v) is 14.1. The van der Waals surface area contributed by atoms with Crippen molar-refractivity contribution in [3.05, 3.63) is 0 Å². The molecule has 36 nitrogen and oxygen atoms in total. The summed E-state index contributed by atoms with van der Waals surface area (Å²) >= 11 is 0. The Balaban J connectivity index is 1.10. The van der Waals surface area contributed by atoms with Gasteiger partial charge in [0.25, 0.3) is 0 Å². The number of aliphatic hydroxyl groups excluding tert-OH is 24. The number of rotatable bonds is 23. The SMILES string of the molecule is OC[C@H](O)[C@@H](O)[C@H](O)[C@H](O)CO[C@@H]1O[C@H](CO[C@@H]2O[C@H](CO[C@@H]3O[C@H](CO[C@@H]4O[C@H](CO)[C@@H](O)[C@H](O[C@@H]5O[C@H](CO)[C@@H](O)[C@H](O)[C@H]5O)[C@H]4O)[C@@H](O)[C@H](O)[C@H]3O)[C@@H](O)[C@H](O)[C@H]2O)[C@@H](O)[C@H](O[C@@H]2O[C@H](CO)[C@@H](O)[C@H](O)[C@H]2O)[C@H]1O. The quantitative estimate of drug-likeness (QED) is 0.0452. The van der Waals surface area contributed by atoms with E-state index in [1.54, 1.807) is 0 Å². The average Bonchev–Trinajstić information content (AvgIpc) is 3.44. The summed E-state index contributed by atoms with van der Waals surface area (Å²) in [6.45, 7) is -7.43. The van der Waals surface area contributed by atoms with Crippen molar-refractivity contribution in [1.82, 2.24) is 0 Å². The predicted octanol–water partition coefficient (Wildman–Crippen LogP) is -16.6. The van der Waals surface area contributed by atoms with Crippen LogP contribution in [0.1, 0.15) is 0 Å².